The summed E-state index contributed by atoms with van der Waals surface area (Å²) in [4.78, 5) is 28.1. The smallest absolute Gasteiger partial charge is 0.347 e. The molecule has 136 valence electrons. The summed E-state index contributed by atoms with van der Waals surface area (Å²) >= 11 is 1.07. The number of nitrogens with zero attached hydrogens (tertiary/aromatic N) is 1. The maximum atomic E-state index is 12.5. The Morgan fingerprint density at radius 1 is 1.42 bits per heavy atom. The molecule has 0 spiro atoms. The highest BCUT2D eigenvalue weighted by Crippen LogP contribution is 2.35. The van der Waals surface area contributed by atoms with Crippen molar-refractivity contribution < 1.29 is 24.2 Å². The average molecular weight is 374 g/mol. The van der Waals surface area contributed by atoms with E-state index in [1.165, 1.54) is 0 Å². The normalized spacial score (nSPS) is 13.9. The molecule has 0 bridgehead atoms. The highest BCUT2D eigenvalue weighted by Gasteiger charge is 2.23. The molecule has 7 nitrogen and oxygen atoms in total. The lowest BCUT2D eigenvalue weighted by Gasteiger charge is -2.20. The molecular formula is C18H18N2O5S. The minimum absolute atomic E-state index is 0.128. The van der Waals surface area contributed by atoms with E-state index >= 15 is 0 Å². The van der Waals surface area contributed by atoms with Gasteiger partial charge in [-0.2, -0.15) is 0 Å². The number of amides is 1. The lowest BCUT2D eigenvalue weighted by Crippen LogP contribution is -2.30. The molecule has 0 aliphatic carbocycles. The molecule has 1 atom stereocenters. The number of rotatable bonds is 5. The molecule has 1 aromatic heterocycles. The molecule has 1 aliphatic heterocycles. The number of carbonyl (C=O) groups is 2. The first kappa shape index (κ1) is 17.9. The number of thiazole rings is 1. The molecule has 2 N–H and O–H groups in total. The third-order valence-corrected chi connectivity index (χ3v) is 5.28. The maximum Gasteiger partial charge on any atom is 0.347 e. The van der Waals surface area contributed by atoms with Gasteiger partial charge < -0.3 is 19.9 Å². The Morgan fingerprint density at radius 2 is 2.19 bits per heavy atom. The van der Waals surface area contributed by atoms with Crippen LogP contribution in [0.4, 0.5) is 0 Å². The minimum Gasteiger partial charge on any atom is -0.493 e. The molecule has 3 rings (SSSR count). The van der Waals surface area contributed by atoms with Crippen molar-refractivity contribution in [2.45, 2.75) is 19.9 Å². The molecule has 0 saturated carbocycles. The summed E-state index contributed by atoms with van der Waals surface area (Å²) in [7, 11) is 1.56. The second-order valence-electron chi connectivity index (χ2n) is 5.80. The predicted octanol–water partition coefficient (Wildman–Crippen LogP) is 2.81. The van der Waals surface area contributed by atoms with Crippen molar-refractivity contribution in [1.82, 2.24) is 10.3 Å². The van der Waals surface area contributed by atoms with Crippen LogP contribution in [-0.2, 0) is 4.79 Å². The van der Waals surface area contributed by atoms with Gasteiger partial charge in [0.2, 0.25) is 0 Å². The molecule has 0 radical (unpaired) electrons. The quantitative estimate of drug-likeness (QED) is 0.835. The number of benzene rings is 1. The summed E-state index contributed by atoms with van der Waals surface area (Å²) in [5, 5.41) is 12.5. The number of aromatic nitrogens is 1. The molecule has 2 heterocycles. The fourth-order valence-electron chi connectivity index (χ4n) is 2.62. The fourth-order valence-corrected chi connectivity index (χ4v) is 3.53. The zero-order valence-electron chi connectivity index (χ0n) is 14.5. The van der Waals surface area contributed by atoms with Gasteiger partial charge in [0, 0.05) is 5.56 Å². The number of ether oxygens (including phenoxy) is 2. The fraction of sp³-hybridized carbons (Fsp3) is 0.278. The first-order valence-corrected chi connectivity index (χ1v) is 8.74. The van der Waals surface area contributed by atoms with Crippen LogP contribution >= 0.6 is 11.3 Å². The number of carbonyl (C=O) groups excluding carboxylic acids is 1. The molecule has 1 aromatic carbocycles. The van der Waals surface area contributed by atoms with Gasteiger partial charge in [-0.3, -0.25) is 4.79 Å². The zero-order chi connectivity index (χ0) is 18.8. The van der Waals surface area contributed by atoms with E-state index in [9.17, 15) is 9.59 Å². The van der Waals surface area contributed by atoms with E-state index in [4.69, 9.17) is 14.6 Å². The summed E-state index contributed by atoms with van der Waals surface area (Å²) in [6.07, 6.45) is 1.76. The second-order valence-corrected chi connectivity index (χ2v) is 6.83. The molecule has 1 aliphatic rings. The zero-order valence-corrected chi connectivity index (χ0v) is 15.3. The van der Waals surface area contributed by atoms with Crippen molar-refractivity contribution in [1.29, 1.82) is 0 Å². The van der Waals surface area contributed by atoms with Crippen molar-refractivity contribution in [3.05, 3.63) is 44.9 Å². The van der Waals surface area contributed by atoms with Crippen molar-refractivity contribution in [2.24, 2.45) is 0 Å². The number of para-hydroxylation sites is 1. The summed E-state index contributed by atoms with van der Waals surface area (Å²) in [5.41, 5.74) is 1.69. The van der Waals surface area contributed by atoms with Crippen molar-refractivity contribution in [3.63, 3.8) is 0 Å². The molecule has 2 aromatic rings. The molecule has 8 heteroatoms. The van der Waals surface area contributed by atoms with E-state index in [-0.39, 0.29) is 17.4 Å². The standard InChI is InChI=1S/C18H18N2O5S/c1-9-15(18(22)23)26-17(20-9)10(2)19-16(21)12-7-11-5-4-6-13(24-3)14(11)25-8-12/h4-7,10H,8H2,1-3H3,(H,19,21)(H,22,23). The summed E-state index contributed by atoms with van der Waals surface area (Å²) < 4.78 is 10.9. The molecule has 26 heavy (non-hydrogen) atoms. The van der Waals surface area contributed by atoms with Crippen molar-refractivity contribution in [3.8, 4) is 11.5 Å². The highest BCUT2D eigenvalue weighted by molar-refractivity contribution is 7.13. The topological polar surface area (TPSA) is 97.8 Å². The van der Waals surface area contributed by atoms with Crippen LogP contribution < -0.4 is 14.8 Å². The lowest BCUT2D eigenvalue weighted by molar-refractivity contribution is -0.118. The van der Waals surface area contributed by atoms with Crippen LogP contribution in [0.5, 0.6) is 11.5 Å². The van der Waals surface area contributed by atoms with E-state index in [1.807, 2.05) is 12.1 Å². The van der Waals surface area contributed by atoms with Crippen LogP contribution in [0.15, 0.2) is 23.8 Å². The van der Waals surface area contributed by atoms with Gasteiger partial charge in [-0.25, -0.2) is 9.78 Å². The number of aryl methyl sites for hydroxylation is 1. The van der Waals surface area contributed by atoms with Gasteiger partial charge in [-0.05, 0) is 26.0 Å². The monoisotopic (exact) mass is 374 g/mol. The van der Waals surface area contributed by atoms with E-state index < -0.39 is 12.0 Å². The first-order chi connectivity index (χ1) is 12.4. The lowest BCUT2D eigenvalue weighted by atomic mass is 10.1. The molecule has 0 fully saturated rings. The van der Waals surface area contributed by atoms with Gasteiger partial charge in [0.15, 0.2) is 11.5 Å². The van der Waals surface area contributed by atoms with Crippen LogP contribution in [0.2, 0.25) is 0 Å². The third-order valence-electron chi connectivity index (χ3n) is 3.95. The van der Waals surface area contributed by atoms with Gasteiger partial charge in [-0.15, -0.1) is 11.3 Å². The van der Waals surface area contributed by atoms with Gasteiger partial charge >= 0.3 is 5.97 Å². The van der Waals surface area contributed by atoms with E-state index in [2.05, 4.69) is 10.3 Å². The SMILES string of the molecule is COc1cccc2c1OCC(C(=O)NC(C)c1nc(C)c(C(=O)O)s1)=C2. The number of aromatic carboxylic acids is 1. The van der Waals surface area contributed by atoms with Gasteiger partial charge in [0.25, 0.3) is 5.91 Å². The van der Waals surface area contributed by atoms with Crippen LogP contribution in [0.3, 0.4) is 0 Å². The molecular weight excluding hydrogens is 356 g/mol. The van der Waals surface area contributed by atoms with Crippen LogP contribution in [0.1, 0.15) is 38.9 Å². The molecule has 0 saturated heterocycles. The van der Waals surface area contributed by atoms with Crippen LogP contribution in [0, 0.1) is 6.92 Å². The minimum atomic E-state index is -1.02. The largest absolute Gasteiger partial charge is 0.493 e. The van der Waals surface area contributed by atoms with Gasteiger partial charge in [-0.1, -0.05) is 12.1 Å². The van der Waals surface area contributed by atoms with Crippen molar-refractivity contribution >= 4 is 29.3 Å². The summed E-state index contributed by atoms with van der Waals surface area (Å²) in [6, 6.07) is 5.06. The van der Waals surface area contributed by atoms with E-state index in [1.54, 1.807) is 33.1 Å². The van der Waals surface area contributed by atoms with E-state index in [0.29, 0.717) is 27.8 Å². The Morgan fingerprint density at radius 3 is 2.85 bits per heavy atom. The third kappa shape index (κ3) is 3.41. The first-order valence-electron chi connectivity index (χ1n) is 7.92. The van der Waals surface area contributed by atoms with Gasteiger partial charge in [0.05, 0.1) is 24.4 Å². The number of methoxy groups -OCH3 is 1. The highest BCUT2D eigenvalue weighted by atomic mass is 32.1. The van der Waals surface area contributed by atoms with E-state index in [0.717, 1.165) is 16.9 Å². The Kier molecular flexibility index (Phi) is 4.94. The Bertz CT molecular complexity index is 903. The Hall–Kier alpha value is -2.87. The van der Waals surface area contributed by atoms with Crippen LogP contribution in [-0.4, -0.2) is 35.7 Å². The van der Waals surface area contributed by atoms with Gasteiger partial charge in [0.1, 0.15) is 16.5 Å². The number of carboxylic acid groups (broad SMARTS) is 1. The summed E-state index contributed by atoms with van der Waals surface area (Å²) in [6.45, 7) is 3.53. The van der Waals surface area contributed by atoms with Crippen LogP contribution in [0.25, 0.3) is 6.08 Å². The predicted molar refractivity (Wildman–Crippen MR) is 96.8 cm³/mol. The molecule has 1 amide bonds. The maximum absolute atomic E-state index is 12.5. The number of fused-ring (bicyclic) bond motifs is 1. The van der Waals surface area contributed by atoms with Crippen molar-refractivity contribution in [2.75, 3.05) is 13.7 Å². The Balaban J connectivity index is 1.77. The second kappa shape index (κ2) is 7.17. The number of carboxylic acids is 1. The number of nitrogens with one attached hydrogen (secondary N) is 1. The number of hydrogen-bond donors (Lipinski definition) is 2. The number of hydrogen-bond acceptors (Lipinski definition) is 6. The Labute approximate surface area is 154 Å². The molecule has 1 unspecified atom stereocenters. The average Bonchev–Trinajstić information content (AvgIpc) is 3.02. The summed E-state index contributed by atoms with van der Waals surface area (Å²) in [5.74, 6) is -0.0679.